The van der Waals surface area contributed by atoms with E-state index in [1.165, 1.54) is 38.2 Å². The lowest BCUT2D eigenvalue weighted by atomic mass is 9.90. The molecule has 0 radical (unpaired) electrons. The third kappa shape index (κ3) is 3.11. The summed E-state index contributed by atoms with van der Waals surface area (Å²) in [5, 5.41) is 9.22. The Kier molecular flexibility index (Phi) is 4.55. The highest BCUT2D eigenvalue weighted by Crippen LogP contribution is 2.35. The van der Waals surface area contributed by atoms with Gasteiger partial charge in [0.15, 0.2) is 0 Å². The van der Waals surface area contributed by atoms with Gasteiger partial charge in [-0.05, 0) is 32.5 Å². The molecule has 0 amide bonds. The normalized spacial score (nSPS) is 23.0. The predicted octanol–water partition coefficient (Wildman–Crippen LogP) is 0.0800. The van der Waals surface area contributed by atoms with Crippen molar-refractivity contribution in [3.63, 3.8) is 0 Å². The van der Waals surface area contributed by atoms with E-state index in [-0.39, 0.29) is 29.3 Å². The van der Waals surface area contributed by atoms with E-state index in [9.17, 15) is 26.7 Å². The Morgan fingerprint density at radius 2 is 1.78 bits per heavy atom. The molecular weight excluding hydrogens is 344 g/mol. The highest BCUT2D eigenvalue weighted by molar-refractivity contribution is 7.92. The third-order valence-electron chi connectivity index (χ3n) is 3.98. The molecule has 1 saturated heterocycles. The van der Waals surface area contributed by atoms with Gasteiger partial charge in [-0.1, -0.05) is 12.1 Å². The first kappa shape index (κ1) is 17.9. The molecule has 128 valence electrons. The molecule has 1 unspecified atom stereocenters. The van der Waals surface area contributed by atoms with E-state index in [4.69, 9.17) is 0 Å². The summed E-state index contributed by atoms with van der Waals surface area (Å²) in [6, 6.07) is 5.25. The van der Waals surface area contributed by atoms with Crippen LogP contribution in [-0.2, 0) is 24.8 Å². The lowest BCUT2D eigenvalue weighted by Crippen LogP contribution is -2.35. The van der Waals surface area contributed by atoms with Crippen LogP contribution in [0.3, 0.4) is 0 Å². The summed E-state index contributed by atoms with van der Waals surface area (Å²) in [6.45, 7) is 1.30. The van der Waals surface area contributed by atoms with Crippen molar-refractivity contribution in [3.05, 3.63) is 24.3 Å². The van der Waals surface area contributed by atoms with E-state index < -0.39 is 31.4 Å². The molecule has 1 aliphatic rings. The molecule has 0 aliphatic carbocycles. The molecule has 1 aromatic carbocycles. The topological polar surface area (TPSA) is 121 Å². The Balaban J connectivity index is 2.50. The molecule has 1 aliphatic heterocycles. The van der Waals surface area contributed by atoms with Gasteiger partial charge in [-0.25, -0.2) is 21.6 Å². The van der Waals surface area contributed by atoms with Gasteiger partial charge in [-0.2, -0.15) is 4.31 Å². The molecule has 1 atom stereocenters. The zero-order chi connectivity index (χ0) is 17.5. The summed E-state index contributed by atoms with van der Waals surface area (Å²) in [5.41, 5.74) is -1.18. The van der Waals surface area contributed by atoms with Gasteiger partial charge in [0.2, 0.25) is 20.0 Å². The number of carboxylic acids is 1. The highest BCUT2D eigenvalue weighted by Gasteiger charge is 2.45. The molecule has 0 spiro atoms. The molecule has 2 N–H and O–H groups in total. The van der Waals surface area contributed by atoms with Crippen LogP contribution >= 0.6 is 0 Å². The van der Waals surface area contributed by atoms with Crippen molar-refractivity contribution in [2.45, 2.75) is 23.1 Å². The zero-order valence-electron chi connectivity index (χ0n) is 12.7. The highest BCUT2D eigenvalue weighted by atomic mass is 32.2. The van der Waals surface area contributed by atoms with E-state index in [0.29, 0.717) is 0 Å². The molecular formula is C13H18N2O6S2. The zero-order valence-corrected chi connectivity index (χ0v) is 14.3. The van der Waals surface area contributed by atoms with Crippen LogP contribution in [0.5, 0.6) is 0 Å². The first-order valence-corrected chi connectivity index (χ1v) is 9.73. The summed E-state index contributed by atoms with van der Waals surface area (Å²) in [6.07, 6.45) is 0.169. The SMILES string of the molecule is CNS(=O)(=O)c1ccccc1S(=O)(=O)N1CCC(C)(C(=O)O)C1. The fourth-order valence-corrected chi connectivity index (χ4v) is 5.53. The average Bonchev–Trinajstić information content (AvgIpc) is 2.92. The van der Waals surface area contributed by atoms with Crippen molar-refractivity contribution in [2.75, 3.05) is 20.1 Å². The van der Waals surface area contributed by atoms with Gasteiger partial charge in [-0.3, -0.25) is 4.79 Å². The second kappa shape index (κ2) is 5.86. The number of nitrogens with zero attached hydrogens (tertiary/aromatic N) is 1. The lowest BCUT2D eigenvalue weighted by molar-refractivity contribution is -0.146. The van der Waals surface area contributed by atoms with Crippen LogP contribution in [0.25, 0.3) is 0 Å². The molecule has 0 saturated carbocycles. The van der Waals surface area contributed by atoms with Gasteiger partial charge < -0.3 is 5.11 Å². The first-order valence-electron chi connectivity index (χ1n) is 6.81. The number of hydrogen-bond acceptors (Lipinski definition) is 5. The van der Waals surface area contributed by atoms with Crippen molar-refractivity contribution in [2.24, 2.45) is 5.41 Å². The second-order valence-corrected chi connectivity index (χ2v) is 9.37. The van der Waals surface area contributed by atoms with Crippen LogP contribution < -0.4 is 4.72 Å². The summed E-state index contributed by atoms with van der Waals surface area (Å²) >= 11 is 0. The fraction of sp³-hybridized carbons (Fsp3) is 0.462. The first-order chi connectivity index (χ1) is 10.5. The van der Waals surface area contributed by atoms with Crippen molar-refractivity contribution in [1.82, 2.24) is 9.03 Å². The van der Waals surface area contributed by atoms with Crippen LogP contribution in [-0.4, -0.2) is 52.4 Å². The summed E-state index contributed by atoms with van der Waals surface area (Å²) in [4.78, 5) is 10.6. The molecule has 1 aromatic rings. The number of carbonyl (C=O) groups is 1. The summed E-state index contributed by atoms with van der Waals surface area (Å²) < 4.78 is 52.7. The van der Waals surface area contributed by atoms with E-state index in [2.05, 4.69) is 4.72 Å². The number of hydrogen-bond donors (Lipinski definition) is 2. The third-order valence-corrected chi connectivity index (χ3v) is 7.48. The fourth-order valence-electron chi connectivity index (χ4n) is 2.43. The van der Waals surface area contributed by atoms with Crippen LogP contribution in [0.1, 0.15) is 13.3 Å². The maximum Gasteiger partial charge on any atom is 0.310 e. The van der Waals surface area contributed by atoms with Crippen molar-refractivity contribution in [3.8, 4) is 0 Å². The Morgan fingerprint density at radius 3 is 2.26 bits per heavy atom. The number of benzene rings is 1. The number of carboxylic acid groups (broad SMARTS) is 1. The average molecular weight is 362 g/mol. The monoisotopic (exact) mass is 362 g/mol. The van der Waals surface area contributed by atoms with Crippen molar-refractivity contribution in [1.29, 1.82) is 0 Å². The summed E-state index contributed by atoms with van der Waals surface area (Å²) in [7, 11) is -6.88. The van der Waals surface area contributed by atoms with E-state index in [1.807, 2.05) is 0 Å². The predicted molar refractivity (Wildman–Crippen MR) is 81.8 cm³/mol. The van der Waals surface area contributed by atoms with Crippen LogP contribution in [0.4, 0.5) is 0 Å². The molecule has 0 aromatic heterocycles. The van der Waals surface area contributed by atoms with Gasteiger partial charge >= 0.3 is 5.97 Å². The molecule has 1 heterocycles. The molecule has 1 fully saturated rings. The van der Waals surface area contributed by atoms with Crippen molar-refractivity contribution >= 4 is 26.0 Å². The molecule has 23 heavy (non-hydrogen) atoms. The molecule has 2 rings (SSSR count). The van der Waals surface area contributed by atoms with Gasteiger partial charge in [0.25, 0.3) is 0 Å². The number of aliphatic carboxylic acids is 1. The minimum atomic E-state index is -4.12. The van der Waals surface area contributed by atoms with Crippen molar-refractivity contribution < 1.29 is 26.7 Å². The standard InChI is InChI=1S/C13H18N2O6S2/c1-13(12(16)17)7-8-15(9-13)23(20,21)11-6-4-3-5-10(11)22(18,19)14-2/h3-6,14H,7-9H2,1-2H3,(H,16,17). The van der Waals surface area contributed by atoms with Crippen LogP contribution in [0.15, 0.2) is 34.1 Å². The minimum absolute atomic E-state index is 0.0269. The molecule has 8 nitrogen and oxygen atoms in total. The van der Waals surface area contributed by atoms with Crippen LogP contribution in [0, 0.1) is 5.41 Å². The largest absolute Gasteiger partial charge is 0.481 e. The maximum atomic E-state index is 12.8. The maximum absolute atomic E-state index is 12.8. The number of nitrogens with one attached hydrogen (secondary N) is 1. The Labute approximate surface area is 135 Å². The Morgan fingerprint density at radius 1 is 1.22 bits per heavy atom. The quantitative estimate of drug-likeness (QED) is 0.765. The van der Waals surface area contributed by atoms with Gasteiger partial charge in [0.1, 0.15) is 9.79 Å². The number of sulfonamides is 2. The molecule has 10 heteroatoms. The summed E-state index contributed by atoms with van der Waals surface area (Å²) in [5.74, 6) is -1.08. The van der Waals surface area contributed by atoms with E-state index in [0.717, 1.165) is 4.31 Å². The van der Waals surface area contributed by atoms with E-state index >= 15 is 0 Å². The minimum Gasteiger partial charge on any atom is -0.481 e. The smallest absolute Gasteiger partial charge is 0.310 e. The second-order valence-electron chi connectivity index (χ2n) is 5.61. The van der Waals surface area contributed by atoms with Gasteiger partial charge in [0, 0.05) is 13.1 Å². The lowest BCUT2D eigenvalue weighted by Gasteiger charge is -2.21. The van der Waals surface area contributed by atoms with E-state index in [1.54, 1.807) is 0 Å². The van der Waals surface area contributed by atoms with Crippen LogP contribution in [0.2, 0.25) is 0 Å². The molecule has 0 bridgehead atoms. The van der Waals surface area contributed by atoms with Gasteiger partial charge in [-0.15, -0.1) is 0 Å². The Hall–Kier alpha value is -1.49. The van der Waals surface area contributed by atoms with Gasteiger partial charge in [0.05, 0.1) is 5.41 Å². The number of rotatable bonds is 5. The Bertz CT molecular complexity index is 834.